The first-order valence-corrected chi connectivity index (χ1v) is 8.81. The van der Waals surface area contributed by atoms with Gasteiger partial charge in [0.15, 0.2) is 11.5 Å². The molecule has 1 aromatic carbocycles. The Bertz CT molecular complexity index is 963. The van der Waals surface area contributed by atoms with Gasteiger partial charge in [-0.15, -0.1) is 10.2 Å². The monoisotopic (exact) mass is 385 g/mol. The Morgan fingerprint density at radius 2 is 1.96 bits per heavy atom. The molecule has 3 aromatic rings. The lowest BCUT2D eigenvalue weighted by molar-refractivity contribution is -0.121. The number of carbonyl (C=O) groups is 1. The van der Waals surface area contributed by atoms with Gasteiger partial charge < -0.3 is 19.2 Å². The molecule has 0 spiro atoms. The predicted octanol–water partition coefficient (Wildman–Crippen LogP) is 2.04. The zero-order valence-corrected chi connectivity index (χ0v) is 16.4. The van der Waals surface area contributed by atoms with E-state index in [-0.39, 0.29) is 12.3 Å². The van der Waals surface area contributed by atoms with Crippen molar-refractivity contribution in [3.63, 3.8) is 0 Å². The van der Waals surface area contributed by atoms with Gasteiger partial charge in [-0.25, -0.2) is 0 Å². The van der Waals surface area contributed by atoms with Gasteiger partial charge in [-0.1, -0.05) is 6.07 Å². The molecule has 1 amide bonds. The molecule has 3 rings (SSSR count). The van der Waals surface area contributed by atoms with E-state index in [9.17, 15) is 4.79 Å². The van der Waals surface area contributed by atoms with E-state index in [1.165, 1.54) is 0 Å². The van der Waals surface area contributed by atoms with Crippen molar-refractivity contribution < 1.29 is 18.7 Å². The number of aromatic nitrogens is 4. The maximum Gasteiger partial charge on any atom is 0.265 e. The van der Waals surface area contributed by atoms with Crippen LogP contribution in [0.3, 0.4) is 0 Å². The number of hydrogen-bond donors (Lipinski definition) is 1. The minimum Gasteiger partial charge on any atom is -0.493 e. The molecule has 0 aliphatic heterocycles. The maximum absolute atomic E-state index is 12.1. The number of hydrogen-bond acceptors (Lipinski definition) is 7. The first-order chi connectivity index (χ1) is 13.5. The maximum atomic E-state index is 12.1. The fourth-order valence-electron chi connectivity index (χ4n) is 2.77. The van der Waals surface area contributed by atoms with Crippen LogP contribution in [0, 0.1) is 6.92 Å². The Labute approximate surface area is 162 Å². The summed E-state index contributed by atoms with van der Waals surface area (Å²) in [5.74, 6) is 1.97. The lowest BCUT2D eigenvalue weighted by atomic mass is 10.2. The summed E-state index contributed by atoms with van der Waals surface area (Å²) in [7, 11) is 4.97. The molecule has 0 unspecified atom stereocenters. The number of amides is 1. The van der Waals surface area contributed by atoms with Crippen LogP contribution < -0.4 is 14.8 Å². The van der Waals surface area contributed by atoms with E-state index in [1.54, 1.807) is 25.0 Å². The lowest BCUT2D eigenvalue weighted by Gasteiger charge is -2.10. The van der Waals surface area contributed by atoms with Crippen LogP contribution in [0.1, 0.15) is 23.6 Å². The van der Waals surface area contributed by atoms with Crippen molar-refractivity contribution in [3.8, 4) is 23.1 Å². The third kappa shape index (κ3) is 4.48. The minimum absolute atomic E-state index is 0.106. The number of rotatable bonds is 8. The highest BCUT2D eigenvalue weighted by Crippen LogP contribution is 2.27. The number of benzene rings is 1. The number of aryl methyl sites for hydroxylation is 3. The molecule has 0 atom stereocenters. The molecule has 0 aliphatic carbocycles. The number of nitrogens with zero attached hydrogens (tertiary/aromatic N) is 4. The Balaban J connectivity index is 1.52. The number of methoxy groups -OCH3 is 2. The normalized spacial score (nSPS) is 10.7. The van der Waals surface area contributed by atoms with Crippen LogP contribution in [-0.2, 0) is 24.8 Å². The fraction of sp³-hybridized carbons (Fsp3) is 0.368. The molecule has 28 heavy (non-hydrogen) atoms. The highest BCUT2D eigenvalue weighted by Gasteiger charge is 2.14. The number of ether oxygens (including phenoxy) is 2. The number of nitrogens with one attached hydrogen (secondary N) is 1. The molecule has 9 heteroatoms. The Kier molecular flexibility index (Phi) is 5.93. The van der Waals surface area contributed by atoms with Crippen LogP contribution >= 0.6 is 0 Å². The van der Waals surface area contributed by atoms with E-state index < -0.39 is 0 Å². The molecule has 1 N–H and O–H groups in total. The van der Waals surface area contributed by atoms with Gasteiger partial charge in [0.2, 0.25) is 11.8 Å². The Hall–Kier alpha value is -3.36. The average molecular weight is 385 g/mol. The van der Waals surface area contributed by atoms with Crippen molar-refractivity contribution >= 4 is 5.91 Å². The van der Waals surface area contributed by atoms with Crippen molar-refractivity contribution in [1.29, 1.82) is 0 Å². The fourth-order valence-corrected chi connectivity index (χ4v) is 2.77. The van der Waals surface area contributed by atoms with Crippen LogP contribution in [-0.4, -0.2) is 40.1 Å². The summed E-state index contributed by atoms with van der Waals surface area (Å²) >= 11 is 0. The first-order valence-electron chi connectivity index (χ1n) is 8.81. The molecule has 0 saturated heterocycles. The highest BCUT2D eigenvalue weighted by molar-refractivity contribution is 5.76. The molecular weight excluding hydrogens is 362 g/mol. The van der Waals surface area contributed by atoms with Crippen molar-refractivity contribution in [2.45, 2.75) is 26.3 Å². The van der Waals surface area contributed by atoms with E-state index in [0.29, 0.717) is 36.2 Å². The molecule has 0 aliphatic rings. The zero-order chi connectivity index (χ0) is 20.1. The second-order valence-corrected chi connectivity index (χ2v) is 6.26. The summed E-state index contributed by atoms with van der Waals surface area (Å²) in [6.07, 6.45) is 0.612. The van der Waals surface area contributed by atoms with Gasteiger partial charge in [0.25, 0.3) is 5.89 Å². The average Bonchev–Trinajstić information content (AvgIpc) is 3.29. The summed E-state index contributed by atoms with van der Waals surface area (Å²) in [6.45, 7) is 2.28. The second kappa shape index (κ2) is 8.55. The predicted molar refractivity (Wildman–Crippen MR) is 101 cm³/mol. The van der Waals surface area contributed by atoms with Gasteiger partial charge in [-0.05, 0) is 30.7 Å². The summed E-state index contributed by atoms with van der Waals surface area (Å²) < 4.78 is 17.8. The Morgan fingerprint density at radius 1 is 1.18 bits per heavy atom. The summed E-state index contributed by atoms with van der Waals surface area (Å²) in [5, 5.41) is 15.2. The van der Waals surface area contributed by atoms with E-state index in [4.69, 9.17) is 13.9 Å². The minimum atomic E-state index is -0.106. The zero-order valence-electron chi connectivity index (χ0n) is 16.4. The van der Waals surface area contributed by atoms with Crippen molar-refractivity contribution in [2.75, 3.05) is 14.2 Å². The summed E-state index contributed by atoms with van der Waals surface area (Å²) in [6, 6.07) is 7.38. The molecule has 2 aromatic heterocycles. The van der Waals surface area contributed by atoms with E-state index >= 15 is 0 Å². The molecule has 0 radical (unpaired) electrons. The lowest BCUT2D eigenvalue weighted by Crippen LogP contribution is -2.23. The van der Waals surface area contributed by atoms with Crippen LogP contribution in [0.2, 0.25) is 0 Å². The molecule has 0 fully saturated rings. The van der Waals surface area contributed by atoms with Gasteiger partial charge in [0.05, 0.1) is 19.9 Å². The van der Waals surface area contributed by atoms with Gasteiger partial charge in [0, 0.05) is 26.4 Å². The third-order valence-electron chi connectivity index (χ3n) is 4.19. The van der Waals surface area contributed by atoms with E-state index in [0.717, 1.165) is 17.0 Å². The topological polar surface area (TPSA) is 104 Å². The van der Waals surface area contributed by atoms with Crippen LogP contribution in [0.15, 0.2) is 28.7 Å². The largest absolute Gasteiger partial charge is 0.493 e. The van der Waals surface area contributed by atoms with Gasteiger partial charge in [-0.3, -0.25) is 9.48 Å². The van der Waals surface area contributed by atoms with Crippen LogP contribution in [0.4, 0.5) is 0 Å². The summed E-state index contributed by atoms with van der Waals surface area (Å²) in [4.78, 5) is 12.1. The number of carbonyl (C=O) groups excluding carboxylic acids is 1. The van der Waals surface area contributed by atoms with Crippen LogP contribution in [0.5, 0.6) is 11.5 Å². The SMILES string of the molecule is COc1ccc(CNC(=O)CCc2nnc(-c3cc(C)nn3C)o2)cc1OC. The van der Waals surface area contributed by atoms with Crippen molar-refractivity contribution in [3.05, 3.63) is 41.4 Å². The van der Waals surface area contributed by atoms with Crippen molar-refractivity contribution in [2.24, 2.45) is 7.05 Å². The third-order valence-corrected chi connectivity index (χ3v) is 4.19. The van der Waals surface area contributed by atoms with Gasteiger partial charge in [0.1, 0.15) is 5.69 Å². The van der Waals surface area contributed by atoms with E-state index in [1.807, 2.05) is 32.2 Å². The quantitative estimate of drug-likeness (QED) is 0.633. The van der Waals surface area contributed by atoms with Crippen molar-refractivity contribution in [1.82, 2.24) is 25.3 Å². The second-order valence-electron chi connectivity index (χ2n) is 6.26. The molecule has 9 nitrogen and oxygen atoms in total. The van der Waals surface area contributed by atoms with Crippen LogP contribution in [0.25, 0.3) is 11.6 Å². The van der Waals surface area contributed by atoms with E-state index in [2.05, 4.69) is 20.6 Å². The molecular formula is C19H23N5O4. The summed E-state index contributed by atoms with van der Waals surface area (Å²) in [5.41, 5.74) is 2.53. The molecule has 2 heterocycles. The Morgan fingerprint density at radius 3 is 2.64 bits per heavy atom. The smallest absolute Gasteiger partial charge is 0.265 e. The first kappa shape index (κ1) is 19.4. The van der Waals surface area contributed by atoms with Gasteiger partial charge >= 0.3 is 0 Å². The standard InChI is InChI=1S/C19H23N5O4/c1-12-9-14(24(2)23-12)19-22-21-18(28-19)8-7-17(25)20-11-13-5-6-15(26-3)16(10-13)27-4/h5-6,9-10H,7-8,11H2,1-4H3,(H,20,25). The molecule has 0 saturated carbocycles. The molecule has 0 bridgehead atoms. The molecule has 148 valence electrons. The van der Waals surface area contributed by atoms with Gasteiger partial charge in [-0.2, -0.15) is 5.10 Å². The highest BCUT2D eigenvalue weighted by atomic mass is 16.5.